The number of thiophene rings is 1. The van der Waals surface area contributed by atoms with E-state index in [1.807, 2.05) is 25.3 Å². The molecule has 0 aliphatic heterocycles. The van der Waals surface area contributed by atoms with Gasteiger partial charge in [-0.1, -0.05) is 19.9 Å². The van der Waals surface area contributed by atoms with Gasteiger partial charge in [0.15, 0.2) is 0 Å². The number of rotatable bonds is 8. The van der Waals surface area contributed by atoms with Crippen LogP contribution in [0.15, 0.2) is 17.5 Å². The van der Waals surface area contributed by atoms with Gasteiger partial charge in [0.2, 0.25) is 5.91 Å². The molecular formula is C13H21NO2S2. The van der Waals surface area contributed by atoms with Gasteiger partial charge in [0.25, 0.3) is 0 Å². The summed E-state index contributed by atoms with van der Waals surface area (Å²) in [6, 6.07) is 4.11. The van der Waals surface area contributed by atoms with Gasteiger partial charge in [-0.2, -0.15) is 0 Å². The van der Waals surface area contributed by atoms with Crippen molar-refractivity contribution in [2.45, 2.75) is 26.0 Å². The molecule has 18 heavy (non-hydrogen) atoms. The first-order valence-electron chi connectivity index (χ1n) is 6.01. The molecule has 1 amide bonds. The van der Waals surface area contributed by atoms with E-state index in [0.29, 0.717) is 18.7 Å². The normalized spacial score (nSPS) is 11.5. The van der Waals surface area contributed by atoms with Gasteiger partial charge in [-0.3, -0.25) is 4.79 Å². The molecule has 1 aromatic heterocycles. The largest absolute Gasteiger partial charge is 0.396 e. The highest BCUT2D eigenvalue weighted by Gasteiger charge is 2.17. The van der Waals surface area contributed by atoms with Crippen LogP contribution in [0.2, 0.25) is 0 Å². The fourth-order valence-corrected chi connectivity index (χ4v) is 3.12. The molecule has 0 aromatic carbocycles. The summed E-state index contributed by atoms with van der Waals surface area (Å²) < 4.78 is 0. The lowest BCUT2D eigenvalue weighted by Crippen LogP contribution is -2.35. The molecule has 0 atom stereocenters. The molecule has 102 valence electrons. The van der Waals surface area contributed by atoms with Crippen LogP contribution < -0.4 is 5.32 Å². The summed E-state index contributed by atoms with van der Waals surface area (Å²) in [6.45, 7) is 4.87. The molecule has 0 unspecified atom stereocenters. The van der Waals surface area contributed by atoms with E-state index in [0.717, 1.165) is 5.75 Å². The molecule has 0 bridgehead atoms. The SMILES string of the molecule is CC(C)(CCO)CNC(=O)CSCc1cccs1. The molecule has 0 saturated carbocycles. The Morgan fingerprint density at radius 1 is 1.56 bits per heavy atom. The second-order valence-corrected chi connectivity index (χ2v) is 7.00. The minimum absolute atomic E-state index is 0.0389. The number of carbonyl (C=O) groups excluding carboxylic acids is 1. The van der Waals surface area contributed by atoms with E-state index in [9.17, 15) is 4.79 Å². The first-order chi connectivity index (χ1) is 8.53. The number of aliphatic hydroxyl groups excluding tert-OH is 1. The summed E-state index contributed by atoms with van der Waals surface area (Å²) in [5.41, 5.74) is -0.0389. The van der Waals surface area contributed by atoms with E-state index >= 15 is 0 Å². The fraction of sp³-hybridized carbons (Fsp3) is 0.615. The molecule has 2 N–H and O–H groups in total. The quantitative estimate of drug-likeness (QED) is 0.772. The van der Waals surface area contributed by atoms with Gasteiger partial charge in [0.1, 0.15) is 0 Å². The Labute approximate surface area is 117 Å². The zero-order chi connectivity index (χ0) is 13.4. The molecule has 1 aromatic rings. The Balaban J connectivity index is 2.14. The van der Waals surface area contributed by atoms with E-state index in [2.05, 4.69) is 11.4 Å². The van der Waals surface area contributed by atoms with Crippen molar-refractivity contribution in [1.29, 1.82) is 0 Å². The molecule has 0 spiro atoms. The number of aliphatic hydroxyl groups is 1. The van der Waals surface area contributed by atoms with Crippen LogP contribution in [0.25, 0.3) is 0 Å². The van der Waals surface area contributed by atoms with Gasteiger partial charge in [-0.05, 0) is 23.3 Å². The van der Waals surface area contributed by atoms with Crippen molar-refractivity contribution in [3.8, 4) is 0 Å². The number of hydrogen-bond donors (Lipinski definition) is 2. The Hall–Kier alpha value is -0.520. The van der Waals surface area contributed by atoms with Crippen LogP contribution in [-0.4, -0.2) is 29.9 Å². The fourth-order valence-electron chi connectivity index (χ4n) is 1.42. The van der Waals surface area contributed by atoms with Gasteiger partial charge in [-0.25, -0.2) is 0 Å². The van der Waals surface area contributed by atoms with Crippen LogP contribution in [0.3, 0.4) is 0 Å². The van der Waals surface area contributed by atoms with E-state index in [1.54, 1.807) is 23.1 Å². The van der Waals surface area contributed by atoms with Crippen molar-refractivity contribution in [2.75, 3.05) is 18.9 Å². The Kier molecular flexibility index (Phi) is 6.75. The lowest BCUT2D eigenvalue weighted by atomic mass is 9.90. The molecule has 0 radical (unpaired) electrons. The predicted molar refractivity (Wildman–Crippen MR) is 79.0 cm³/mol. The number of nitrogens with one attached hydrogen (secondary N) is 1. The molecule has 3 nitrogen and oxygen atoms in total. The van der Waals surface area contributed by atoms with E-state index in [-0.39, 0.29) is 17.9 Å². The summed E-state index contributed by atoms with van der Waals surface area (Å²) >= 11 is 3.35. The number of hydrogen-bond acceptors (Lipinski definition) is 4. The lowest BCUT2D eigenvalue weighted by molar-refractivity contribution is -0.119. The molecule has 0 aliphatic rings. The molecular weight excluding hydrogens is 266 g/mol. The Morgan fingerprint density at radius 3 is 2.94 bits per heavy atom. The summed E-state index contributed by atoms with van der Waals surface area (Å²) in [5.74, 6) is 1.46. The smallest absolute Gasteiger partial charge is 0.230 e. The van der Waals surface area contributed by atoms with E-state index in [1.165, 1.54) is 4.88 Å². The monoisotopic (exact) mass is 287 g/mol. The van der Waals surface area contributed by atoms with Gasteiger partial charge >= 0.3 is 0 Å². The third-order valence-corrected chi connectivity index (χ3v) is 4.65. The van der Waals surface area contributed by atoms with Crippen molar-refractivity contribution in [3.05, 3.63) is 22.4 Å². The summed E-state index contributed by atoms with van der Waals surface area (Å²) in [7, 11) is 0. The average Bonchev–Trinajstić information content (AvgIpc) is 2.79. The van der Waals surface area contributed by atoms with Gasteiger partial charge in [-0.15, -0.1) is 23.1 Å². The van der Waals surface area contributed by atoms with Crippen molar-refractivity contribution >= 4 is 29.0 Å². The zero-order valence-corrected chi connectivity index (χ0v) is 12.6. The van der Waals surface area contributed by atoms with Gasteiger partial charge in [0.05, 0.1) is 5.75 Å². The summed E-state index contributed by atoms with van der Waals surface area (Å²) in [6.07, 6.45) is 0.704. The van der Waals surface area contributed by atoms with Crippen LogP contribution in [0.1, 0.15) is 25.1 Å². The van der Waals surface area contributed by atoms with Crippen LogP contribution in [0.4, 0.5) is 0 Å². The molecule has 1 heterocycles. The second-order valence-electron chi connectivity index (χ2n) is 4.99. The van der Waals surface area contributed by atoms with Crippen molar-refractivity contribution in [3.63, 3.8) is 0 Å². The first kappa shape index (κ1) is 15.5. The Bertz CT molecular complexity index is 350. The van der Waals surface area contributed by atoms with Crippen LogP contribution in [-0.2, 0) is 10.5 Å². The number of amides is 1. The molecule has 0 saturated heterocycles. The van der Waals surface area contributed by atoms with E-state index < -0.39 is 0 Å². The third kappa shape index (κ3) is 6.42. The van der Waals surface area contributed by atoms with Gasteiger partial charge < -0.3 is 10.4 Å². The Morgan fingerprint density at radius 2 is 2.33 bits per heavy atom. The predicted octanol–water partition coefficient (Wildman–Crippen LogP) is 2.51. The molecule has 5 heteroatoms. The lowest BCUT2D eigenvalue weighted by Gasteiger charge is -2.23. The van der Waals surface area contributed by atoms with Crippen LogP contribution in [0.5, 0.6) is 0 Å². The zero-order valence-electron chi connectivity index (χ0n) is 10.9. The maximum atomic E-state index is 11.6. The maximum Gasteiger partial charge on any atom is 0.230 e. The average molecular weight is 287 g/mol. The standard InChI is InChI=1S/C13H21NO2S2/c1-13(2,5-6-15)10-14-12(16)9-17-8-11-4-3-7-18-11/h3-4,7,15H,5-6,8-10H2,1-2H3,(H,14,16). The van der Waals surface area contributed by atoms with Crippen molar-refractivity contribution in [1.82, 2.24) is 5.32 Å². The molecule has 0 fully saturated rings. The number of thioether (sulfide) groups is 1. The van der Waals surface area contributed by atoms with Crippen molar-refractivity contribution in [2.24, 2.45) is 5.41 Å². The van der Waals surface area contributed by atoms with Gasteiger partial charge in [0, 0.05) is 23.8 Å². The molecule has 0 aliphatic carbocycles. The minimum Gasteiger partial charge on any atom is -0.396 e. The maximum absolute atomic E-state index is 11.6. The highest BCUT2D eigenvalue weighted by molar-refractivity contribution is 7.99. The summed E-state index contributed by atoms with van der Waals surface area (Å²) in [4.78, 5) is 12.9. The van der Waals surface area contributed by atoms with Crippen LogP contribution >= 0.6 is 23.1 Å². The van der Waals surface area contributed by atoms with Crippen LogP contribution in [0, 0.1) is 5.41 Å². The number of carbonyl (C=O) groups is 1. The van der Waals surface area contributed by atoms with E-state index in [4.69, 9.17) is 5.11 Å². The van der Waals surface area contributed by atoms with Crippen molar-refractivity contribution < 1.29 is 9.90 Å². The summed E-state index contributed by atoms with van der Waals surface area (Å²) in [5, 5.41) is 13.9. The third-order valence-electron chi connectivity index (χ3n) is 2.61. The minimum atomic E-state index is -0.0389. The second kappa shape index (κ2) is 7.81. The highest BCUT2D eigenvalue weighted by Crippen LogP contribution is 2.19. The first-order valence-corrected chi connectivity index (χ1v) is 8.04. The topological polar surface area (TPSA) is 49.3 Å². The highest BCUT2D eigenvalue weighted by atomic mass is 32.2. The molecule has 1 rings (SSSR count).